The summed E-state index contributed by atoms with van der Waals surface area (Å²) >= 11 is 0. The molecule has 32 heavy (non-hydrogen) atoms. The molecule has 0 radical (unpaired) electrons. The number of nitrogens with zero attached hydrogens (tertiary/aromatic N) is 3. The van der Waals surface area contributed by atoms with Crippen LogP contribution in [0.5, 0.6) is 0 Å². The molecule has 0 bridgehead atoms. The summed E-state index contributed by atoms with van der Waals surface area (Å²) in [6.45, 7) is 4.37. The van der Waals surface area contributed by atoms with E-state index in [1.54, 1.807) is 11.8 Å². The van der Waals surface area contributed by atoms with E-state index < -0.39 is 11.0 Å². The molecule has 8 heteroatoms. The minimum atomic E-state index is -0.500. The van der Waals surface area contributed by atoms with Crippen LogP contribution in [0.3, 0.4) is 0 Å². The van der Waals surface area contributed by atoms with Gasteiger partial charge in [0.2, 0.25) is 5.91 Å². The number of hydrogen-bond donors (Lipinski definition) is 1. The van der Waals surface area contributed by atoms with Gasteiger partial charge in [0, 0.05) is 36.8 Å². The average molecular weight is 439 g/mol. The molecule has 2 aromatic carbocycles. The van der Waals surface area contributed by atoms with Crippen LogP contribution in [0.2, 0.25) is 0 Å². The summed E-state index contributed by atoms with van der Waals surface area (Å²) in [5.74, 6) is -0.400. The number of nitro benzene ring substituents is 1. The fourth-order valence-electron chi connectivity index (χ4n) is 4.09. The first-order valence-corrected chi connectivity index (χ1v) is 10.9. The molecular formula is C24H30N4O4. The summed E-state index contributed by atoms with van der Waals surface area (Å²) in [7, 11) is 2.05. The quantitative estimate of drug-likeness (QED) is 0.369. The number of amides is 2. The van der Waals surface area contributed by atoms with Gasteiger partial charge in [0.25, 0.3) is 11.6 Å². The van der Waals surface area contributed by atoms with Crippen molar-refractivity contribution in [3.63, 3.8) is 0 Å². The standard InChI is InChI=1S/C24H30N4O4/c1-18-16-20(11-12-21(18)28(31)32)24(30)27-15-6-10-22(27)23(29)25-13-7-14-26(2)17-19-8-4-3-5-9-19/h3-5,8-9,11-12,16,22H,6-7,10,13-15,17H2,1-2H3,(H,25,29). The third kappa shape index (κ3) is 5.91. The van der Waals surface area contributed by atoms with Crippen LogP contribution in [0.4, 0.5) is 5.69 Å². The summed E-state index contributed by atoms with van der Waals surface area (Å²) < 4.78 is 0. The van der Waals surface area contributed by atoms with E-state index in [1.807, 2.05) is 18.2 Å². The number of nitro groups is 1. The van der Waals surface area contributed by atoms with E-state index >= 15 is 0 Å². The van der Waals surface area contributed by atoms with E-state index in [0.29, 0.717) is 30.6 Å². The largest absolute Gasteiger partial charge is 0.354 e. The lowest BCUT2D eigenvalue weighted by atomic mass is 10.1. The fraction of sp³-hybridized carbons (Fsp3) is 0.417. The number of carbonyl (C=O) groups is 2. The SMILES string of the molecule is Cc1cc(C(=O)N2CCCC2C(=O)NCCCN(C)Cc2ccccc2)ccc1[N+](=O)[O-]. The first-order chi connectivity index (χ1) is 15.4. The van der Waals surface area contributed by atoms with Gasteiger partial charge in [-0.15, -0.1) is 0 Å². The first-order valence-electron chi connectivity index (χ1n) is 10.9. The van der Waals surface area contributed by atoms with Gasteiger partial charge in [0.1, 0.15) is 6.04 Å². The molecule has 2 amide bonds. The van der Waals surface area contributed by atoms with Crippen LogP contribution in [-0.4, -0.2) is 59.3 Å². The lowest BCUT2D eigenvalue weighted by Crippen LogP contribution is -2.46. The van der Waals surface area contributed by atoms with Crippen molar-refractivity contribution in [3.8, 4) is 0 Å². The van der Waals surface area contributed by atoms with Crippen molar-refractivity contribution in [1.29, 1.82) is 0 Å². The van der Waals surface area contributed by atoms with E-state index in [2.05, 4.69) is 29.4 Å². The van der Waals surface area contributed by atoms with Crippen molar-refractivity contribution in [3.05, 3.63) is 75.3 Å². The number of likely N-dealkylation sites (tertiary alicyclic amines) is 1. The number of benzene rings is 2. The Hall–Kier alpha value is -3.26. The van der Waals surface area contributed by atoms with E-state index in [-0.39, 0.29) is 17.5 Å². The zero-order valence-electron chi connectivity index (χ0n) is 18.6. The molecule has 0 aromatic heterocycles. The third-order valence-corrected chi connectivity index (χ3v) is 5.77. The highest BCUT2D eigenvalue weighted by atomic mass is 16.6. The molecule has 3 rings (SSSR count). The summed E-state index contributed by atoms with van der Waals surface area (Å²) in [6, 6.07) is 14.1. The molecule has 2 aromatic rings. The normalized spacial score (nSPS) is 15.7. The molecule has 0 aliphatic carbocycles. The molecule has 1 aliphatic rings. The molecule has 1 fully saturated rings. The molecule has 1 aliphatic heterocycles. The second-order valence-corrected chi connectivity index (χ2v) is 8.28. The topological polar surface area (TPSA) is 95.8 Å². The smallest absolute Gasteiger partial charge is 0.272 e. The Morgan fingerprint density at radius 2 is 1.97 bits per heavy atom. The van der Waals surface area contributed by atoms with Crippen LogP contribution in [0, 0.1) is 17.0 Å². The van der Waals surface area contributed by atoms with Gasteiger partial charge < -0.3 is 15.1 Å². The summed E-state index contributed by atoms with van der Waals surface area (Å²) in [5, 5.41) is 14.0. The highest BCUT2D eigenvalue weighted by Crippen LogP contribution is 2.24. The van der Waals surface area contributed by atoms with Crippen LogP contribution < -0.4 is 5.32 Å². The molecule has 170 valence electrons. The number of nitrogens with one attached hydrogen (secondary N) is 1. The van der Waals surface area contributed by atoms with Gasteiger partial charge in [-0.1, -0.05) is 30.3 Å². The molecule has 0 saturated carbocycles. The second-order valence-electron chi connectivity index (χ2n) is 8.28. The molecule has 1 heterocycles. The molecular weight excluding hydrogens is 408 g/mol. The molecule has 1 atom stereocenters. The molecule has 1 N–H and O–H groups in total. The predicted octanol–water partition coefficient (Wildman–Crippen LogP) is 3.15. The van der Waals surface area contributed by atoms with Gasteiger partial charge in [-0.25, -0.2) is 0 Å². The van der Waals surface area contributed by atoms with Crippen molar-refractivity contribution < 1.29 is 14.5 Å². The van der Waals surface area contributed by atoms with Gasteiger partial charge in [-0.2, -0.15) is 0 Å². The van der Waals surface area contributed by atoms with Crippen LogP contribution in [-0.2, 0) is 11.3 Å². The molecule has 1 saturated heterocycles. The minimum Gasteiger partial charge on any atom is -0.354 e. The third-order valence-electron chi connectivity index (χ3n) is 5.77. The van der Waals surface area contributed by atoms with Crippen LogP contribution >= 0.6 is 0 Å². The number of aryl methyl sites for hydroxylation is 1. The van der Waals surface area contributed by atoms with E-state index in [9.17, 15) is 19.7 Å². The Morgan fingerprint density at radius 1 is 1.22 bits per heavy atom. The maximum absolute atomic E-state index is 13.0. The monoisotopic (exact) mass is 438 g/mol. The first kappa shape index (κ1) is 23.4. The Balaban J connectivity index is 1.49. The lowest BCUT2D eigenvalue weighted by Gasteiger charge is -2.24. The molecule has 0 spiro atoms. The van der Waals surface area contributed by atoms with Crippen LogP contribution in [0.15, 0.2) is 48.5 Å². The van der Waals surface area contributed by atoms with Crippen LogP contribution in [0.25, 0.3) is 0 Å². The van der Waals surface area contributed by atoms with Gasteiger partial charge in [0.05, 0.1) is 4.92 Å². The molecule has 8 nitrogen and oxygen atoms in total. The number of hydrogen-bond acceptors (Lipinski definition) is 5. The maximum atomic E-state index is 13.0. The summed E-state index contributed by atoms with van der Waals surface area (Å²) in [4.78, 5) is 40.0. The van der Waals surface area contributed by atoms with Crippen molar-refractivity contribution in [2.45, 2.75) is 38.8 Å². The number of rotatable bonds is 9. The highest BCUT2D eigenvalue weighted by Gasteiger charge is 2.34. The Labute approximate surface area is 188 Å². The predicted molar refractivity (Wildman–Crippen MR) is 122 cm³/mol. The number of carbonyl (C=O) groups excluding carboxylic acids is 2. The van der Waals surface area contributed by atoms with Gasteiger partial charge in [-0.3, -0.25) is 19.7 Å². The maximum Gasteiger partial charge on any atom is 0.272 e. The van der Waals surface area contributed by atoms with Crippen molar-refractivity contribution in [1.82, 2.24) is 15.1 Å². The average Bonchev–Trinajstić information content (AvgIpc) is 3.26. The fourth-order valence-corrected chi connectivity index (χ4v) is 4.09. The van der Waals surface area contributed by atoms with E-state index in [0.717, 1.165) is 25.9 Å². The highest BCUT2D eigenvalue weighted by molar-refractivity contribution is 5.98. The van der Waals surface area contributed by atoms with Crippen molar-refractivity contribution >= 4 is 17.5 Å². The summed E-state index contributed by atoms with van der Waals surface area (Å²) in [6.07, 6.45) is 2.20. The molecule has 1 unspecified atom stereocenters. The Morgan fingerprint density at radius 3 is 2.66 bits per heavy atom. The second kappa shape index (κ2) is 10.9. The summed E-state index contributed by atoms with van der Waals surface area (Å²) in [5.41, 5.74) is 2.03. The lowest BCUT2D eigenvalue weighted by molar-refractivity contribution is -0.385. The van der Waals surface area contributed by atoms with E-state index in [4.69, 9.17) is 0 Å². The zero-order chi connectivity index (χ0) is 23.1. The zero-order valence-corrected chi connectivity index (χ0v) is 18.6. The van der Waals surface area contributed by atoms with Gasteiger partial charge >= 0.3 is 0 Å². The Kier molecular flexibility index (Phi) is 7.94. The van der Waals surface area contributed by atoms with Crippen LogP contribution in [0.1, 0.15) is 40.7 Å². The van der Waals surface area contributed by atoms with Crippen molar-refractivity contribution in [2.75, 3.05) is 26.7 Å². The van der Waals surface area contributed by atoms with Crippen molar-refractivity contribution in [2.24, 2.45) is 0 Å². The van der Waals surface area contributed by atoms with Gasteiger partial charge in [0.15, 0.2) is 0 Å². The van der Waals surface area contributed by atoms with Gasteiger partial charge in [-0.05, 0) is 57.5 Å². The Bertz CT molecular complexity index is 964. The minimum absolute atomic E-state index is 0.0190. The van der Waals surface area contributed by atoms with E-state index in [1.165, 1.54) is 23.8 Å².